The molecule has 1 atom stereocenters. The highest BCUT2D eigenvalue weighted by Crippen LogP contribution is 2.03. The molecule has 0 bridgehead atoms. The minimum Gasteiger partial charge on any atom is -0.393 e. The van der Waals surface area contributed by atoms with Crippen LogP contribution in [-0.2, 0) is 11.2 Å². The Morgan fingerprint density at radius 2 is 2.35 bits per heavy atom. The molecule has 0 aliphatic rings. The van der Waals surface area contributed by atoms with Crippen molar-refractivity contribution in [3.8, 4) is 0 Å². The second kappa shape index (κ2) is 7.01. The van der Waals surface area contributed by atoms with Crippen molar-refractivity contribution in [1.82, 2.24) is 9.88 Å². The van der Waals surface area contributed by atoms with Gasteiger partial charge in [0.1, 0.15) is 0 Å². The highest BCUT2D eigenvalue weighted by molar-refractivity contribution is 5.76. The first-order valence-corrected chi connectivity index (χ1v) is 5.90. The predicted molar refractivity (Wildman–Crippen MR) is 66.5 cm³/mol. The van der Waals surface area contributed by atoms with E-state index in [4.69, 9.17) is 5.11 Å². The van der Waals surface area contributed by atoms with E-state index in [0.717, 1.165) is 5.56 Å². The highest BCUT2D eigenvalue weighted by Gasteiger charge is 2.09. The summed E-state index contributed by atoms with van der Waals surface area (Å²) in [7, 11) is 1.77. The minimum absolute atomic E-state index is 0.106. The number of aliphatic hydroxyl groups excluding tert-OH is 1. The van der Waals surface area contributed by atoms with E-state index in [9.17, 15) is 4.79 Å². The van der Waals surface area contributed by atoms with Crippen LogP contribution in [0.15, 0.2) is 24.5 Å². The third-order valence-electron chi connectivity index (χ3n) is 2.66. The summed E-state index contributed by atoms with van der Waals surface area (Å²) in [6, 6.07) is 3.84. The first-order valence-electron chi connectivity index (χ1n) is 5.90. The monoisotopic (exact) mass is 236 g/mol. The molecule has 1 amide bonds. The Bertz CT molecular complexity index is 339. The van der Waals surface area contributed by atoms with Crippen LogP contribution in [0.25, 0.3) is 0 Å². The van der Waals surface area contributed by atoms with Gasteiger partial charge in [-0.2, -0.15) is 0 Å². The van der Waals surface area contributed by atoms with E-state index in [1.165, 1.54) is 0 Å². The van der Waals surface area contributed by atoms with Crippen LogP contribution in [0.3, 0.4) is 0 Å². The van der Waals surface area contributed by atoms with Gasteiger partial charge in [0.25, 0.3) is 0 Å². The maximum absolute atomic E-state index is 11.8. The fourth-order valence-corrected chi connectivity index (χ4v) is 1.49. The first kappa shape index (κ1) is 13.6. The molecule has 0 fully saturated rings. The molecule has 1 N–H and O–H groups in total. The maximum atomic E-state index is 11.8. The summed E-state index contributed by atoms with van der Waals surface area (Å²) in [5, 5.41) is 9.14. The Labute approximate surface area is 102 Å². The van der Waals surface area contributed by atoms with Gasteiger partial charge in [0.15, 0.2) is 0 Å². The number of hydrogen-bond donors (Lipinski definition) is 1. The number of amides is 1. The van der Waals surface area contributed by atoms with Crippen molar-refractivity contribution < 1.29 is 9.90 Å². The van der Waals surface area contributed by atoms with Gasteiger partial charge < -0.3 is 10.0 Å². The van der Waals surface area contributed by atoms with Gasteiger partial charge in [-0.05, 0) is 31.4 Å². The number of carbonyl (C=O) groups excluding carboxylic acids is 1. The van der Waals surface area contributed by atoms with Gasteiger partial charge in [0, 0.05) is 32.4 Å². The molecule has 0 aliphatic heterocycles. The lowest BCUT2D eigenvalue weighted by molar-refractivity contribution is -0.130. The van der Waals surface area contributed by atoms with Crippen LogP contribution in [-0.4, -0.2) is 40.6 Å². The van der Waals surface area contributed by atoms with Crippen molar-refractivity contribution in [2.24, 2.45) is 0 Å². The molecule has 0 radical (unpaired) electrons. The zero-order chi connectivity index (χ0) is 12.7. The van der Waals surface area contributed by atoms with Crippen LogP contribution in [0.5, 0.6) is 0 Å². The molecular formula is C13H20N2O2. The number of nitrogens with zero attached hydrogens (tertiary/aromatic N) is 2. The number of aromatic nitrogens is 1. The third-order valence-corrected chi connectivity index (χ3v) is 2.66. The normalized spacial score (nSPS) is 12.2. The number of aryl methyl sites for hydroxylation is 1. The zero-order valence-corrected chi connectivity index (χ0v) is 10.5. The molecule has 0 saturated heterocycles. The lowest BCUT2D eigenvalue weighted by atomic mass is 10.1. The van der Waals surface area contributed by atoms with E-state index in [2.05, 4.69) is 4.98 Å². The summed E-state index contributed by atoms with van der Waals surface area (Å²) < 4.78 is 0. The van der Waals surface area contributed by atoms with E-state index in [1.807, 2.05) is 12.1 Å². The fourth-order valence-electron chi connectivity index (χ4n) is 1.49. The van der Waals surface area contributed by atoms with Gasteiger partial charge in [-0.15, -0.1) is 0 Å². The Hall–Kier alpha value is -1.42. The summed E-state index contributed by atoms with van der Waals surface area (Å²) in [6.45, 7) is 2.33. The van der Waals surface area contributed by atoms with E-state index in [1.54, 1.807) is 31.3 Å². The van der Waals surface area contributed by atoms with Crippen molar-refractivity contribution in [3.05, 3.63) is 30.1 Å². The molecule has 1 rings (SSSR count). The van der Waals surface area contributed by atoms with Crippen LogP contribution in [0.4, 0.5) is 0 Å². The van der Waals surface area contributed by atoms with Crippen molar-refractivity contribution in [2.45, 2.75) is 32.3 Å². The molecule has 0 spiro atoms. The van der Waals surface area contributed by atoms with E-state index < -0.39 is 0 Å². The highest BCUT2D eigenvalue weighted by atomic mass is 16.3. The zero-order valence-electron chi connectivity index (χ0n) is 10.5. The Kier molecular flexibility index (Phi) is 5.63. The van der Waals surface area contributed by atoms with Crippen LogP contribution in [0.2, 0.25) is 0 Å². The first-order chi connectivity index (χ1) is 8.09. The molecule has 1 heterocycles. The standard InChI is InChI=1S/C13H20N2O2/c1-11(16)7-9-15(2)13(17)6-5-12-4-3-8-14-10-12/h3-4,8,10-11,16H,5-7,9H2,1-2H3. The van der Waals surface area contributed by atoms with Gasteiger partial charge in [-0.1, -0.05) is 6.07 Å². The van der Waals surface area contributed by atoms with E-state index in [-0.39, 0.29) is 12.0 Å². The Morgan fingerprint density at radius 3 is 2.94 bits per heavy atom. The number of rotatable bonds is 6. The third kappa shape index (κ3) is 5.45. The number of aliphatic hydroxyl groups is 1. The second-order valence-corrected chi connectivity index (χ2v) is 4.31. The average molecular weight is 236 g/mol. The summed E-state index contributed by atoms with van der Waals surface area (Å²) >= 11 is 0. The molecule has 0 aromatic carbocycles. The van der Waals surface area contributed by atoms with Crippen LogP contribution in [0, 0.1) is 0 Å². The Morgan fingerprint density at radius 1 is 1.59 bits per heavy atom. The molecule has 1 aromatic heterocycles. The van der Waals surface area contributed by atoms with Crippen LogP contribution in [0.1, 0.15) is 25.3 Å². The summed E-state index contributed by atoms with van der Waals surface area (Å²) in [4.78, 5) is 17.4. The quantitative estimate of drug-likeness (QED) is 0.808. The lowest BCUT2D eigenvalue weighted by Gasteiger charge is -2.17. The molecule has 4 heteroatoms. The fraction of sp³-hybridized carbons (Fsp3) is 0.538. The molecule has 0 saturated carbocycles. The topological polar surface area (TPSA) is 53.4 Å². The average Bonchev–Trinajstić information content (AvgIpc) is 2.34. The number of carbonyl (C=O) groups is 1. The van der Waals surface area contributed by atoms with Crippen LogP contribution >= 0.6 is 0 Å². The van der Waals surface area contributed by atoms with Gasteiger partial charge in [-0.3, -0.25) is 9.78 Å². The van der Waals surface area contributed by atoms with Crippen molar-refractivity contribution in [3.63, 3.8) is 0 Å². The van der Waals surface area contributed by atoms with E-state index >= 15 is 0 Å². The Balaban J connectivity index is 2.29. The SMILES string of the molecule is CC(O)CCN(C)C(=O)CCc1cccnc1. The van der Waals surface area contributed by atoms with Gasteiger partial charge >= 0.3 is 0 Å². The molecule has 94 valence electrons. The van der Waals surface area contributed by atoms with E-state index in [0.29, 0.717) is 25.8 Å². The minimum atomic E-state index is -0.358. The molecule has 1 unspecified atom stereocenters. The second-order valence-electron chi connectivity index (χ2n) is 4.31. The lowest BCUT2D eigenvalue weighted by Crippen LogP contribution is -2.29. The van der Waals surface area contributed by atoms with Crippen molar-refractivity contribution in [1.29, 1.82) is 0 Å². The molecule has 1 aromatic rings. The van der Waals surface area contributed by atoms with Gasteiger partial charge in [0.2, 0.25) is 5.91 Å². The molecule has 17 heavy (non-hydrogen) atoms. The predicted octanol–water partition coefficient (Wildman–Crippen LogP) is 1.24. The smallest absolute Gasteiger partial charge is 0.222 e. The molecule has 0 aliphatic carbocycles. The maximum Gasteiger partial charge on any atom is 0.222 e. The molecule has 4 nitrogen and oxygen atoms in total. The summed E-state index contributed by atoms with van der Waals surface area (Å²) in [5.41, 5.74) is 1.07. The van der Waals surface area contributed by atoms with Crippen molar-refractivity contribution >= 4 is 5.91 Å². The van der Waals surface area contributed by atoms with Gasteiger partial charge in [0.05, 0.1) is 6.10 Å². The van der Waals surface area contributed by atoms with Gasteiger partial charge in [-0.25, -0.2) is 0 Å². The van der Waals surface area contributed by atoms with Crippen LogP contribution < -0.4 is 0 Å². The number of pyridine rings is 1. The summed E-state index contributed by atoms with van der Waals surface area (Å²) in [5.74, 6) is 0.106. The number of hydrogen-bond acceptors (Lipinski definition) is 3. The summed E-state index contributed by atoms with van der Waals surface area (Å²) in [6.07, 6.45) is 4.97. The van der Waals surface area contributed by atoms with Crippen molar-refractivity contribution in [2.75, 3.05) is 13.6 Å². The largest absolute Gasteiger partial charge is 0.393 e. The molecular weight excluding hydrogens is 216 g/mol.